The number of nitrogens with zero attached hydrogens (tertiary/aromatic N) is 2. The summed E-state index contributed by atoms with van der Waals surface area (Å²) >= 11 is 6.27. The molecule has 7 heteroatoms. The molecule has 0 aliphatic heterocycles. The maximum atomic E-state index is 13.8. The van der Waals surface area contributed by atoms with E-state index in [2.05, 4.69) is 4.98 Å². The Bertz CT molecular complexity index is 1150. The zero-order chi connectivity index (χ0) is 22.0. The predicted octanol–water partition coefficient (Wildman–Crippen LogP) is 4.17. The fraction of sp³-hybridized carbons (Fsp3) is 0.208. The normalized spacial score (nSPS) is 14.7. The van der Waals surface area contributed by atoms with E-state index in [1.165, 1.54) is 13.3 Å². The molecule has 0 fully saturated rings. The van der Waals surface area contributed by atoms with E-state index < -0.39 is 5.91 Å². The number of methoxy groups -OCH3 is 1. The minimum atomic E-state index is -0.629. The lowest BCUT2D eigenvalue weighted by Crippen LogP contribution is -2.35. The lowest BCUT2D eigenvalue weighted by Gasteiger charge is -2.31. The number of nitrogens with two attached hydrogens (primary N) is 1. The van der Waals surface area contributed by atoms with Crippen molar-refractivity contribution in [2.75, 3.05) is 7.11 Å². The first-order chi connectivity index (χ1) is 15.0. The summed E-state index contributed by atoms with van der Waals surface area (Å²) < 4.78 is 5.42. The van der Waals surface area contributed by atoms with Crippen molar-refractivity contribution >= 4 is 23.4 Å². The molecule has 2 amide bonds. The Hall–Kier alpha value is -3.38. The fourth-order valence-electron chi connectivity index (χ4n) is 4.15. The topological polar surface area (TPSA) is 85.5 Å². The van der Waals surface area contributed by atoms with Gasteiger partial charge in [-0.1, -0.05) is 35.9 Å². The molecule has 2 N–H and O–H groups in total. The smallest absolute Gasteiger partial charge is 0.267 e. The Labute approximate surface area is 185 Å². The van der Waals surface area contributed by atoms with Crippen molar-refractivity contribution in [1.82, 2.24) is 9.88 Å². The summed E-state index contributed by atoms with van der Waals surface area (Å²) in [7, 11) is 1.54. The van der Waals surface area contributed by atoms with Crippen LogP contribution >= 0.6 is 11.6 Å². The zero-order valence-electron chi connectivity index (χ0n) is 17.0. The maximum Gasteiger partial charge on any atom is 0.267 e. The second kappa shape index (κ2) is 8.78. The van der Waals surface area contributed by atoms with Gasteiger partial charge in [0.15, 0.2) is 0 Å². The number of carbonyl (C=O) groups excluding carboxylic acids is 2. The van der Waals surface area contributed by atoms with Crippen molar-refractivity contribution in [1.29, 1.82) is 0 Å². The number of primary amides is 1. The van der Waals surface area contributed by atoms with Gasteiger partial charge < -0.3 is 15.4 Å². The first-order valence-electron chi connectivity index (χ1n) is 9.95. The summed E-state index contributed by atoms with van der Waals surface area (Å²) in [4.78, 5) is 31.6. The van der Waals surface area contributed by atoms with Gasteiger partial charge in [0.1, 0.15) is 11.4 Å². The second-order valence-electron chi connectivity index (χ2n) is 7.41. The lowest BCUT2D eigenvalue weighted by atomic mass is 10.0. The number of halogens is 1. The van der Waals surface area contributed by atoms with Crippen LogP contribution in [0.3, 0.4) is 0 Å². The van der Waals surface area contributed by atoms with Crippen LogP contribution in [0.1, 0.15) is 50.0 Å². The van der Waals surface area contributed by atoms with Gasteiger partial charge in [-0.15, -0.1) is 0 Å². The summed E-state index contributed by atoms with van der Waals surface area (Å²) in [5.41, 5.74) is 8.90. The minimum absolute atomic E-state index is 0.157. The second-order valence-corrected chi connectivity index (χ2v) is 7.84. The van der Waals surface area contributed by atoms with Crippen molar-refractivity contribution in [2.45, 2.75) is 25.4 Å². The van der Waals surface area contributed by atoms with Gasteiger partial charge in [-0.25, -0.2) is 0 Å². The van der Waals surface area contributed by atoms with Crippen LogP contribution in [-0.4, -0.2) is 28.8 Å². The van der Waals surface area contributed by atoms with E-state index in [4.69, 9.17) is 22.1 Å². The Morgan fingerprint density at radius 2 is 2.00 bits per heavy atom. The molecule has 0 spiro atoms. The fourth-order valence-corrected chi connectivity index (χ4v) is 4.33. The van der Waals surface area contributed by atoms with E-state index >= 15 is 0 Å². The summed E-state index contributed by atoms with van der Waals surface area (Å²) in [6, 6.07) is 16.2. The van der Waals surface area contributed by atoms with Crippen molar-refractivity contribution in [2.24, 2.45) is 5.73 Å². The molecule has 31 heavy (non-hydrogen) atoms. The standard InChI is InChI=1S/C24H22ClN3O3/c1-31-21-7-3-2-6-18(21)24(30)28(14-16-5-4-12-27-22(16)23(26)29)20-11-9-15-8-10-17(25)13-19(15)20/h2-8,10,12-13,20H,9,11,14H2,1H3,(H2,26,29)/t20-/m1/s1. The average molecular weight is 436 g/mol. The largest absolute Gasteiger partial charge is 0.496 e. The van der Waals surface area contributed by atoms with Crippen molar-refractivity contribution in [3.63, 3.8) is 0 Å². The summed E-state index contributed by atoms with van der Waals surface area (Å²) in [5, 5.41) is 0.620. The molecule has 0 saturated heterocycles. The molecular weight excluding hydrogens is 414 g/mol. The lowest BCUT2D eigenvalue weighted by molar-refractivity contribution is 0.0652. The molecule has 0 unspecified atom stereocenters. The van der Waals surface area contributed by atoms with E-state index in [-0.39, 0.29) is 24.2 Å². The van der Waals surface area contributed by atoms with Crippen LogP contribution in [-0.2, 0) is 13.0 Å². The molecule has 3 aromatic rings. The first kappa shape index (κ1) is 20.9. The predicted molar refractivity (Wildman–Crippen MR) is 118 cm³/mol. The number of amides is 2. The van der Waals surface area contributed by atoms with Crippen LogP contribution in [0, 0.1) is 0 Å². The highest BCUT2D eigenvalue weighted by Crippen LogP contribution is 2.39. The van der Waals surface area contributed by atoms with Crippen molar-refractivity contribution in [3.05, 3.63) is 93.8 Å². The molecule has 6 nitrogen and oxygen atoms in total. The van der Waals surface area contributed by atoms with E-state index in [1.807, 2.05) is 24.3 Å². The molecular formula is C24H22ClN3O3. The number of aryl methyl sites for hydroxylation is 1. The van der Waals surface area contributed by atoms with E-state index in [1.54, 1.807) is 35.2 Å². The molecule has 1 aromatic heterocycles. The number of benzene rings is 2. The number of hydrogen-bond donors (Lipinski definition) is 1. The summed E-state index contributed by atoms with van der Waals surface area (Å²) in [6.45, 7) is 0.180. The Morgan fingerprint density at radius 3 is 2.77 bits per heavy atom. The third-order valence-corrected chi connectivity index (χ3v) is 5.83. The number of rotatable bonds is 6. The Kier molecular flexibility index (Phi) is 5.91. The number of carbonyl (C=O) groups is 2. The molecule has 1 heterocycles. The van der Waals surface area contributed by atoms with Crippen LogP contribution < -0.4 is 10.5 Å². The number of pyridine rings is 1. The van der Waals surface area contributed by atoms with Gasteiger partial charge in [-0.05, 0) is 54.3 Å². The van der Waals surface area contributed by atoms with Gasteiger partial charge in [-0.2, -0.15) is 0 Å². The molecule has 1 aliphatic carbocycles. The SMILES string of the molecule is COc1ccccc1C(=O)N(Cc1cccnc1C(N)=O)[C@@H]1CCc2ccc(Cl)cc21. The molecule has 1 aliphatic rings. The van der Waals surface area contributed by atoms with Gasteiger partial charge in [0.25, 0.3) is 11.8 Å². The Balaban J connectivity index is 1.80. The van der Waals surface area contributed by atoms with Crippen LogP contribution in [0.25, 0.3) is 0 Å². The van der Waals surface area contributed by atoms with E-state index in [0.29, 0.717) is 21.9 Å². The molecule has 4 rings (SSSR count). The number of hydrogen-bond acceptors (Lipinski definition) is 4. The summed E-state index contributed by atoms with van der Waals surface area (Å²) in [5.74, 6) is -0.340. The van der Waals surface area contributed by atoms with Gasteiger partial charge in [-0.3, -0.25) is 14.6 Å². The molecule has 0 radical (unpaired) electrons. The third kappa shape index (κ3) is 4.11. The van der Waals surface area contributed by atoms with Crippen molar-refractivity contribution < 1.29 is 14.3 Å². The average Bonchev–Trinajstić information content (AvgIpc) is 3.19. The molecule has 0 saturated carbocycles. The van der Waals surface area contributed by atoms with Gasteiger partial charge in [0.05, 0.1) is 18.7 Å². The van der Waals surface area contributed by atoms with Gasteiger partial charge in [0, 0.05) is 23.3 Å². The van der Waals surface area contributed by atoms with Gasteiger partial charge >= 0.3 is 0 Å². The van der Waals surface area contributed by atoms with Crippen molar-refractivity contribution in [3.8, 4) is 5.75 Å². The third-order valence-electron chi connectivity index (χ3n) is 5.59. The molecule has 1 atom stereocenters. The summed E-state index contributed by atoms with van der Waals surface area (Å²) in [6.07, 6.45) is 3.10. The van der Waals surface area contributed by atoms with E-state index in [0.717, 1.165) is 24.0 Å². The molecule has 2 aromatic carbocycles. The van der Waals surface area contributed by atoms with Crippen LogP contribution in [0.2, 0.25) is 5.02 Å². The number of fused-ring (bicyclic) bond motifs is 1. The highest BCUT2D eigenvalue weighted by atomic mass is 35.5. The number of ether oxygens (including phenoxy) is 1. The quantitative estimate of drug-likeness (QED) is 0.629. The van der Waals surface area contributed by atoms with Crippen LogP contribution in [0.15, 0.2) is 60.8 Å². The minimum Gasteiger partial charge on any atom is -0.496 e. The van der Waals surface area contributed by atoms with Gasteiger partial charge in [0.2, 0.25) is 0 Å². The zero-order valence-corrected chi connectivity index (χ0v) is 17.8. The Morgan fingerprint density at radius 1 is 1.19 bits per heavy atom. The monoisotopic (exact) mass is 435 g/mol. The highest BCUT2D eigenvalue weighted by Gasteiger charge is 2.33. The number of aromatic nitrogens is 1. The maximum absolute atomic E-state index is 13.8. The van der Waals surface area contributed by atoms with Crippen LogP contribution in [0.4, 0.5) is 0 Å². The van der Waals surface area contributed by atoms with Crippen LogP contribution in [0.5, 0.6) is 5.75 Å². The highest BCUT2D eigenvalue weighted by molar-refractivity contribution is 6.30. The number of para-hydroxylation sites is 1. The molecule has 158 valence electrons. The first-order valence-corrected chi connectivity index (χ1v) is 10.3. The molecule has 0 bridgehead atoms. The van der Waals surface area contributed by atoms with E-state index in [9.17, 15) is 9.59 Å².